The van der Waals surface area contributed by atoms with E-state index in [1.807, 2.05) is 0 Å². The first-order chi connectivity index (χ1) is 12.0. The van der Waals surface area contributed by atoms with Gasteiger partial charge in [-0.2, -0.15) is 0 Å². The molecule has 25 heavy (non-hydrogen) atoms. The SMILES string of the molecule is O=C(O)COc1cccc(C(=O)N2CCCC2c2ccc(F)cc2)c1. The molecular formula is C19H18FNO4. The highest BCUT2D eigenvalue weighted by Crippen LogP contribution is 2.33. The molecule has 1 N–H and O–H groups in total. The second kappa shape index (κ2) is 7.34. The van der Waals surface area contributed by atoms with E-state index >= 15 is 0 Å². The van der Waals surface area contributed by atoms with Crippen LogP contribution in [-0.2, 0) is 4.79 Å². The molecular weight excluding hydrogens is 325 g/mol. The number of nitrogens with zero attached hydrogens (tertiary/aromatic N) is 1. The van der Waals surface area contributed by atoms with Gasteiger partial charge in [-0.15, -0.1) is 0 Å². The molecule has 0 aliphatic carbocycles. The number of halogens is 1. The molecule has 0 radical (unpaired) electrons. The monoisotopic (exact) mass is 343 g/mol. The van der Waals surface area contributed by atoms with Crippen LogP contribution in [0.2, 0.25) is 0 Å². The molecule has 1 atom stereocenters. The van der Waals surface area contributed by atoms with Crippen LogP contribution in [0.4, 0.5) is 4.39 Å². The summed E-state index contributed by atoms with van der Waals surface area (Å²) in [6, 6.07) is 12.6. The van der Waals surface area contributed by atoms with Crippen molar-refractivity contribution in [3.05, 3.63) is 65.5 Å². The summed E-state index contributed by atoms with van der Waals surface area (Å²) in [5, 5.41) is 8.68. The highest BCUT2D eigenvalue weighted by atomic mass is 19.1. The predicted octanol–water partition coefficient (Wildman–Crippen LogP) is 3.27. The number of hydrogen-bond donors (Lipinski definition) is 1. The van der Waals surface area contributed by atoms with Crippen molar-refractivity contribution in [2.24, 2.45) is 0 Å². The third kappa shape index (κ3) is 3.96. The maximum atomic E-state index is 13.1. The van der Waals surface area contributed by atoms with E-state index in [9.17, 15) is 14.0 Å². The molecule has 1 heterocycles. The third-order valence-corrected chi connectivity index (χ3v) is 4.21. The zero-order chi connectivity index (χ0) is 17.8. The van der Waals surface area contributed by atoms with Crippen molar-refractivity contribution in [3.8, 4) is 5.75 Å². The maximum Gasteiger partial charge on any atom is 0.341 e. The summed E-state index contributed by atoms with van der Waals surface area (Å²) in [7, 11) is 0. The number of benzene rings is 2. The van der Waals surface area contributed by atoms with E-state index in [0.29, 0.717) is 17.9 Å². The second-order valence-corrected chi connectivity index (χ2v) is 5.92. The van der Waals surface area contributed by atoms with Gasteiger partial charge in [0.2, 0.25) is 0 Å². The van der Waals surface area contributed by atoms with E-state index < -0.39 is 12.6 Å². The highest BCUT2D eigenvalue weighted by molar-refractivity contribution is 5.95. The van der Waals surface area contributed by atoms with E-state index in [2.05, 4.69) is 0 Å². The van der Waals surface area contributed by atoms with Crippen molar-refractivity contribution in [2.45, 2.75) is 18.9 Å². The average molecular weight is 343 g/mol. The normalized spacial score (nSPS) is 16.7. The van der Waals surface area contributed by atoms with Gasteiger partial charge in [-0.25, -0.2) is 9.18 Å². The number of aliphatic carboxylic acids is 1. The van der Waals surface area contributed by atoms with Crippen LogP contribution in [0.3, 0.4) is 0 Å². The molecule has 1 saturated heterocycles. The van der Waals surface area contributed by atoms with Crippen LogP contribution >= 0.6 is 0 Å². The Hall–Kier alpha value is -2.89. The summed E-state index contributed by atoms with van der Waals surface area (Å²) in [6.07, 6.45) is 1.70. The van der Waals surface area contributed by atoms with Gasteiger partial charge in [0.1, 0.15) is 11.6 Å². The topological polar surface area (TPSA) is 66.8 Å². The third-order valence-electron chi connectivity index (χ3n) is 4.21. The van der Waals surface area contributed by atoms with Crippen LogP contribution in [0.5, 0.6) is 5.75 Å². The number of amides is 1. The lowest BCUT2D eigenvalue weighted by molar-refractivity contribution is -0.139. The molecule has 3 rings (SSSR count). The molecule has 130 valence electrons. The van der Waals surface area contributed by atoms with Crippen LogP contribution in [-0.4, -0.2) is 35.0 Å². The van der Waals surface area contributed by atoms with Crippen molar-refractivity contribution in [2.75, 3.05) is 13.2 Å². The summed E-state index contributed by atoms with van der Waals surface area (Å²) in [6.45, 7) is 0.167. The lowest BCUT2D eigenvalue weighted by Gasteiger charge is -2.25. The molecule has 1 aliphatic rings. The van der Waals surface area contributed by atoms with Gasteiger partial charge in [0, 0.05) is 12.1 Å². The quantitative estimate of drug-likeness (QED) is 0.905. The maximum absolute atomic E-state index is 13.1. The van der Waals surface area contributed by atoms with Crippen molar-refractivity contribution in [3.63, 3.8) is 0 Å². The minimum atomic E-state index is -1.08. The Morgan fingerprint density at radius 3 is 2.68 bits per heavy atom. The van der Waals surface area contributed by atoms with Crippen LogP contribution in [0.15, 0.2) is 48.5 Å². The molecule has 1 unspecified atom stereocenters. The number of carbonyl (C=O) groups is 2. The number of carboxylic acid groups (broad SMARTS) is 1. The molecule has 1 fully saturated rings. The van der Waals surface area contributed by atoms with Gasteiger partial charge < -0.3 is 14.7 Å². The fraction of sp³-hybridized carbons (Fsp3) is 0.263. The smallest absolute Gasteiger partial charge is 0.341 e. The summed E-state index contributed by atoms with van der Waals surface area (Å²) in [4.78, 5) is 25.2. The largest absolute Gasteiger partial charge is 0.482 e. The van der Waals surface area contributed by atoms with Gasteiger partial charge in [-0.1, -0.05) is 18.2 Å². The molecule has 2 aromatic carbocycles. The zero-order valence-electron chi connectivity index (χ0n) is 13.5. The summed E-state index contributed by atoms with van der Waals surface area (Å²) >= 11 is 0. The van der Waals surface area contributed by atoms with E-state index in [0.717, 1.165) is 18.4 Å². The molecule has 0 bridgehead atoms. The molecule has 5 nitrogen and oxygen atoms in total. The van der Waals surface area contributed by atoms with Crippen LogP contribution in [0, 0.1) is 5.82 Å². The molecule has 1 amide bonds. The molecule has 0 aromatic heterocycles. The van der Waals surface area contributed by atoms with Crippen molar-refractivity contribution >= 4 is 11.9 Å². The van der Waals surface area contributed by atoms with Gasteiger partial charge in [0.05, 0.1) is 6.04 Å². The van der Waals surface area contributed by atoms with Crippen LogP contribution in [0.1, 0.15) is 34.8 Å². The molecule has 0 saturated carbocycles. The van der Waals surface area contributed by atoms with E-state index in [-0.39, 0.29) is 17.8 Å². The molecule has 6 heteroatoms. The number of rotatable bonds is 5. The van der Waals surface area contributed by atoms with Crippen LogP contribution in [0.25, 0.3) is 0 Å². The van der Waals surface area contributed by atoms with Crippen molar-refractivity contribution in [1.82, 2.24) is 4.90 Å². The lowest BCUT2D eigenvalue weighted by Crippen LogP contribution is -2.30. The van der Waals surface area contributed by atoms with Crippen molar-refractivity contribution in [1.29, 1.82) is 0 Å². The highest BCUT2D eigenvalue weighted by Gasteiger charge is 2.30. The minimum absolute atomic E-state index is 0.0864. The van der Waals surface area contributed by atoms with Gasteiger partial charge >= 0.3 is 5.97 Å². The molecule has 2 aromatic rings. The standard InChI is InChI=1S/C19H18FNO4/c20-15-8-6-13(7-9-15)17-5-2-10-21(17)19(24)14-3-1-4-16(11-14)25-12-18(22)23/h1,3-4,6-9,11,17H,2,5,10,12H2,(H,22,23). The summed E-state index contributed by atoms with van der Waals surface area (Å²) < 4.78 is 18.3. The Kier molecular flexibility index (Phi) is 4.97. The zero-order valence-corrected chi connectivity index (χ0v) is 13.5. The first kappa shape index (κ1) is 17.0. The fourth-order valence-corrected chi connectivity index (χ4v) is 3.07. The van der Waals surface area contributed by atoms with Gasteiger partial charge in [0.25, 0.3) is 5.91 Å². The summed E-state index contributed by atoms with van der Waals surface area (Å²) in [5.41, 5.74) is 1.35. The average Bonchev–Trinajstić information content (AvgIpc) is 3.10. The Morgan fingerprint density at radius 1 is 1.20 bits per heavy atom. The predicted molar refractivity (Wildman–Crippen MR) is 89.0 cm³/mol. The fourth-order valence-electron chi connectivity index (χ4n) is 3.07. The van der Waals surface area contributed by atoms with E-state index in [1.54, 1.807) is 41.3 Å². The number of hydrogen-bond acceptors (Lipinski definition) is 3. The first-order valence-electron chi connectivity index (χ1n) is 8.05. The second-order valence-electron chi connectivity index (χ2n) is 5.92. The number of ether oxygens (including phenoxy) is 1. The minimum Gasteiger partial charge on any atom is -0.482 e. The number of likely N-dealkylation sites (tertiary alicyclic amines) is 1. The lowest BCUT2D eigenvalue weighted by atomic mass is 10.0. The van der Waals surface area contributed by atoms with Gasteiger partial charge in [0.15, 0.2) is 6.61 Å². The van der Waals surface area contributed by atoms with Crippen LogP contribution < -0.4 is 4.74 Å². The van der Waals surface area contributed by atoms with Gasteiger partial charge in [-0.3, -0.25) is 4.79 Å². The number of carbonyl (C=O) groups excluding carboxylic acids is 1. The number of carboxylic acids is 1. The van der Waals surface area contributed by atoms with E-state index in [1.165, 1.54) is 12.1 Å². The molecule has 1 aliphatic heterocycles. The van der Waals surface area contributed by atoms with E-state index in [4.69, 9.17) is 9.84 Å². The summed E-state index contributed by atoms with van der Waals surface area (Å²) in [5.74, 6) is -1.19. The Balaban J connectivity index is 1.78. The Labute approximate surface area is 144 Å². The first-order valence-corrected chi connectivity index (χ1v) is 8.05. The Bertz CT molecular complexity index is 775. The molecule has 0 spiro atoms. The Morgan fingerprint density at radius 2 is 1.96 bits per heavy atom. The van der Waals surface area contributed by atoms with Crippen molar-refractivity contribution < 1.29 is 23.8 Å². The van der Waals surface area contributed by atoms with Gasteiger partial charge in [-0.05, 0) is 48.7 Å².